The number of rotatable bonds is 9. The predicted molar refractivity (Wildman–Crippen MR) is 125 cm³/mol. The number of aryl methyl sites for hydroxylation is 1. The molecule has 1 aromatic heterocycles. The van der Waals surface area contributed by atoms with Crippen molar-refractivity contribution in [1.82, 2.24) is 14.7 Å². The minimum absolute atomic E-state index is 0.127. The molecule has 33 heavy (non-hydrogen) atoms. The zero-order valence-electron chi connectivity index (χ0n) is 19.4. The van der Waals surface area contributed by atoms with Crippen molar-refractivity contribution in [3.05, 3.63) is 71.4 Å². The topological polar surface area (TPSA) is 77.9 Å². The molecule has 2 heterocycles. The Hall–Kier alpha value is -3.36. The Labute approximate surface area is 194 Å². The van der Waals surface area contributed by atoms with Crippen LogP contribution in [0, 0.1) is 0 Å². The maximum atomic E-state index is 13.1. The lowest BCUT2D eigenvalue weighted by Gasteiger charge is -2.33. The molecule has 174 valence electrons. The summed E-state index contributed by atoms with van der Waals surface area (Å²) in [5, 5.41) is 7.17. The number of aromatic nitrogens is 2. The Bertz CT molecular complexity index is 1110. The first-order valence-corrected chi connectivity index (χ1v) is 11.0. The lowest BCUT2D eigenvalue weighted by molar-refractivity contribution is -0.119. The minimum Gasteiger partial charge on any atom is -0.493 e. The van der Waals surface area contributed by atoms with E-state index in [1.54, 1.807) is 31.2 Å². The first-order chi connectivity index (χ1) is 16.0. The second-order valence-corrected chi connectivity index (χ2v) is 7.95. The second kappa shape index (κ2) is 10.1. The summed E-state index contributed by atoms with van der Waals surface area (Å²) in [6.45, 7) is 3.15. The van der Waals surface area contributed by atoms with Gasteiger partial charge in [0.05, 0.1) is 13.7 Å². The zero-order chi connectivity index (χ0) is 23.4. The van der Waals surface area contributed by atoms with Gasteiger partial charge >= 0.3 is 0 Å². The summed E-state index contributed by atoms with van der Waals surface area (Å²) in [4.78, 5) is 15.3. The largest absolute Gasteiger partial charge is 0.493 e. The van der Waals surface area contributed by atoms with Gasteiger partial charge < -0.3 is 19.5 Å². The fourth-order valence-electron chi connectivity index (χ4n) is 4.36. The van der Waals surface area contributed by atoms with Crippen LogP contribution in [0.25, 0.3) is 0 Å². The Morgan fingerprint density at radius 1 is 1.18 bits per heavy atom. The van der Waals surface area contributed by atoms with Crippen LogP contribution in [0.2, 0.25) is 0 Å². The molecule has 1 amide bonds. The van der Waals surface area contributed by atoms with Crippen LogP contribution in [-0.2, 0) is 23.1 Å². The molecule has 0 aliphatic carbocycles. The van der Waals surface area contributed by atoms with Crippen LogP contribution in [0.5, 0.6) is 11.5 Å². The fraction of sp³-hybridized carbons (Fsp3) is 0.360. The van der Waals surface area contributed by atoms with E-state index in [0.717, 1.165) is 11.1 Å². The maximum Gasteiger partial charge on any atom is 0.227 e. The van der Waals surface area contributed by atoms with Gasteiger partial charge in [0.1, 0.15) is 6.23 Å². The molecule has 1 N–H and O–H groups in total. The third-order valence-corrected chi connectivity index (χ3v) is 5.83. The lowest BCUT2D eigenvalue weighted by Crippen LogP contribution is -2.31. The molecule has 2 aromatic carbocycles. The van der Waals surface area contributed by atoms with E-state index < -0.39 is 0 Å². The number of nitrogens with zero attached hydrogens (tertiary/aromatic N) is 3. The van der Waals surface area contributed by atoms with E-state index in [-0.39, 0.29) is 24.6 Å². The molecule has 2 unspecified atom stereocenters. The van der Waals surface area contributed by atoms with Crippen molar-refractivity contribution in [2.75, 3.05) is 26.1 Å². The van der Waals surface area contributed by atoms with Gasteiger partial charge in [0.2, 0.25) is 5.91 Å². The summed E-state index contributed by atoms with van der Waals surface area (Å²) < 4.78 is 18.8. The first kappa shape index (κ1) is 22.8. The number of anilines is 1. The molecule has 8 heteroatoms. The van der Waals surface area contributed by atoms with Gasteiger partial charge in [-0.3, -0.25) is 14.4 Å². The highest BCUT2D eigenvalue weighted by atomic mass is 16.5. The molecular formula is C25H30N4O4. The van der Waals surface area contributed by atoms with Crippen LogP contribution >= 0.6 is 0 Å². The van der Waals surface area contributed by atoms with E-state index in [2.05, 4.69) is 27.4 Å². The summed E-state index contributed by atoms with van der Waals surface area (Å²) in [7, 11) is 5.13. The number of carbonyl (C=O) groups excluding carboxylic acids is 1. The van der Waals surface area contributed by atoms with Crippen molar-refractivity contribution in [3.63, 3.8) is 0 Å². The second-order valence-electron chi connectivity index (χ2n) is 7.95. The number of methoxy groups -OCH3 is 2. The van der Waals surface area contributed by atoms with Gasteiger partial charge in [-0.05, 0) is 30.2 Å². The van der Waals surface area contributed by atoms with E-state index in [1.807, 2.05) is 44.3 Å². The molecule has 0 radical (unpaired) electrons. The standard InChI is InChI=1S/C25H30N4O4/c1-5-33-21-11-10-17(14-22(21)31-3)20(15-24(30)26-23-12-13-28(2)27-23)29-16-18-8-6-7-9-19(18)25(29)32-4/h6-14,20,25H,5,15-16H2,1-4H3,(H,26,27,30). The first-order valence-electron chi connectivity index (χ1n) is 11.0. The van der Waals surface area contributed by atoms with Crippen LogP contribution in [0.15, 0.2) is 54.7 Å². The highest BCUT2D eigenvalue weighted by molar-refractivity contribution is 5.90. The highest BCUT2D eigenvalue weighted by Crippen LogP contribution is 2.43. The van der Waals surface area contributed by atoms with Gasteiger partial charge in [-0.25, -0.2) is 0 Å². The molecule has 2 atom stereocenters. The third-order valence-electron chi connectivity index (χ3n) is 5.83. The summed E-state index contributed by atoms with van der Waals surface area (Å²) in [6.07, 6.45) is 1.76. The molecule has 0 bridgehead atoms. The van der Waals surface area contributed by atoms with Gasteiger partial charge in [-0.15, -0.1) is 0 Å². The lowest BCUT2D eigenvalue weighted by atomic mass is 10.0. The summed E-state index contributed by atoms with van der Waals surface area (Å²) in [5.74, 6) is 1.71. The summed E-state index contributed by atoms with van der Waals surface area (Å²) in [6, 6.07) is 15.6. The van der Waals surface area contributed by atoms with Crippen molar-refractivity contribution in [2.24, 2.45) is 7.05 Å². The van der Waals surface area contributed by atoms with Gasteiger partial charge in [-0.2, -0.15) is 5.10 Å². The highest BCUT2D eigenvalue weighted by Gasteiger charge is 2.37. The Kier molecular flexibility index (Phi) is 6.96. The van der Waals surface area contributed by atoms with Crippen LogP contribution in [0.3, 0.4) is 0 Å². The quantitative estimate of drug-likeness (QED) is 0.530. The monoisotopic (exact) mass is 450 g/mol. The Balaban J connectivity index is 1.67. The van der Waals surface area contributed by atoms with Gasteiger partial charge in [0, 0.05) is 51.0 Å². The van der Waals surface area contributed by atoms with Crippen molar-refractivity contribution in [2.45, 2.75) is 32.2 Å². The number of carbonyl (C=O) groups is 1. The summed E-state index contributed by atoms with van der Waals surface area (Å²) in [5.41, 5.74) is 3.26. The molecule has 0 spiro atoms. The van der Waals surface area contributed by atoms with Gasteiger partial charge in [-0.1, -0.05) is 30.3 Å². The number of hydrogen-bond acceptors (Lipinski definition) is 6. The van der Waals surface area contributed by atoms with Crippen LogP contribution in [0.4, 0.5) is 5.82 Å². The number of amides is 1. The van der Waals surface area contributed by atoms with E-state index >= 15 is 0 Å². The molecule has 8 nitrogen and oxygen atoms in total. The van der Waals surface area contributed by atoms with Crippen LogP contribution in [-0.4, -0.2) is 41.4 Å². The van der Waals surface area contributed by atoms with Gasteiger partial charge in [0.25, 0.3) is 0 Å². The maximum absolute atomic E-state index is 13.1. The Morgan fingerprint density at radius 2 is 2.00 bits per heavy atom. The van der Waals surface area contributed by atoms with Gasteiger partial charge in [0.15, 0.2) is 17.3 Å². The van der Waals surface area contributed by atoms with Crippen molar-refractivity contribution >= 4 is 11.7 Å². The van der Waals surface area contributed by atoms with Crippen LogP contribution in [0.1, 0.15) is 42.3 Å². The van der Waals surface area contributed by atoms with Crippen molar-refractivity contribution in [1.29, 1.82) is 0 Å². The van der Waals surface area contributed by atoms with E-state index in [4.69, 9.17) is 14.2 Å². The van der Waals surface area contributed by atoms with E-state index in [0.29, 0.717) is 30.5 Å². The average molecular weight is 451 g/mol. The Morgan fingerprint density at radius 3 is 2.70 bits per heavy atom. The van der Waals surface area contributed by atoms with Crippen molar-refractivity contribution in [3.8, 4) is 11.5 Å². The molecule has 1 aliphatic rings. The zero-order valence-corrected chi connectivity index (χ0v) is 19.4. The third kappa shape index (κ3) is 4.86. The van der Waals surface area contributed by atoms with Crippen LogP contribution < -0.4 is 14.8 Å². The number of hydrogen-bond donors (Lipinski definition) is 1. The molecule has 1 aliphatic heterocycles. The molecule has 0 fully saturated rings. The normalized spacial score (nSPS) is 16.3. The molecule has 4 rings (SSSR count). The number of nitrogens with one attached hydrogen (secondary N) is 1. The molecule has 0 saturated carbocycles. The van der Waals surface area contributed by atoms with E-state index in [9.17, 15) is 4.79 Å². The summed E-state index contributed by atoms with van der Waals surface area (Å²) >= 11 is 0. The smallest absolute Gasteiger partial charge is 0.227 e. The number of benzene rings is 2. The fourth-order valence-corrected chi connectivity index (χ4v) is 4.36. The molecular weight excluding hydrogens is 420 g/mol. The van der Waals surface area contributed by atoms with E-state index in [1.165, 1.54) is 5.56 Å². The average Bonchev–Trinajstić information content (AvgIpc) is 3.40. The molecule has 3 aromatic rings. The number of fused-ring (bicyclic) bond motifs is 1. The SMILES string of the molecule is CCOc1ccc(C(CC(=O)Nc2ccn(C)n2)N2Cc3ccccc3C2OC)cc1OC. The molecule has 0 saturated heterocycles. The minimum atomic E-state index is -0.258. The predicted octanol–water partition coefficient (Wildman–Crippen LogP) is 4.06. The number of ether oxygens (including phenoxy) is 3. The van der Waals surface area contributed by atoms with Crippen molar-refractivity contribution < 1.29 is 19.0 Å².